The molecule has 0 radical (unpaired) electrons. The number of hydrogen-bond donors (Lipinski definition) is 4. The number of methoxy groups -OCH3 is 2. The van der Waals surface area contributed by atoms with Crippen LogP contribution < -0.4 is 10.6 Å². The number of aromatic amines is 2. The second-order valence-electron chi connectivity index (χ2n) is 19.3. The van der Waals surface area contributed by atoms with E-state index < -0.39 is 24.3 Å². The zero-order valence-corrected chi connectivity index (χ0v) is 38.4. The molecule has 8 atom stereocenters. The van der Waals surface area contributed by atoms with Crippen LogP contribution in [0.4, 0.5) is 9.59 Å². The van der Waals surface area contributed by atoms with Crippen LogP contribution in [-0.2, 0) is 23.8 Å². The van der Waals surface area contributed by atoms with Gasteiger partial charge in [-0.05, 0) is 140 Å². The number of alkyl carbamates (subject to hydrolysis) is 2. The topological polar surface area (TPSA) is 184 Å². The summed E-state index contributed by atoms with van der Waals surface area (Å²) >= 11 is 0. The number of benzene rings is 3. The monoisotopic (exact) mass is 896 g/mol. The van der Waals surface area contributed by atoms with Crippen molar-refractivity contribution in [1.29, 1.82) is 0 Å². The average molecular weight is 897 g/mol. The third-order valence-electron chi connectivity index (χ3n) is 15.1. The molecule has 0 spiro atoms. The van der Waals surface area contributed by atoms with Gasteiger partial charge in [-0.25, -0.2) is 19.6 Å². The van der Waals surface area contributed by atoms with E-state index >= 15 is 0 Å². The predicted octanol–water partition coefficient (Wildman–Crippen LogP) is 8.51. The number of carbonyl (C=O) groups excluding carboxylic acids is 4. The Morgan fingerprint density at radius 2 is 1.41 bits per heavy atom. The van der Waals surface area contributed by atoms with E-state index in [2.05, 4.69) is 89.0 Å². The Morgan fingerprint density at radius 1 is 0.742 bits per heavy atom. The van der Waals surface area contributed by atoms with Crippen molar-refractivity contribution in [2.75, 3.05) is 34.0 Å². The number of imidazole rings is 2. The molecule has 346 valence electrons. The first-order chi connectivity index (χ1) is 32.0. The molecule has 2 aromatic heterocycles. The van der Waals surface area contributed by atoms with Gasteiger partial charge < -0.3 is 44.6 Å². The number of fused-ring (bicyclic) bond motifs is 6. The van der Waals surface area contributed by atoms with E-state index in [9.17, 15) is 19.2 Å². The van der Waals surface area contributed by atoms with Gasteiger partial charge in [-0.15, -0.1) is 0 Å². The van der Waals surface area contributed by atoms with Gasteiger partial charge in [0.1, 0.15) is 23.7 Å². The lowest BCUT2D eigenvalue weighted by molar-refractivity contribution is -0.138. The summed E-state index contributed by atoms with van der Waals surface area (Å²) in [4.78, 5) is 72.8. The van der Waals surface area contributed by atoms with Gasteiger partial charge in [-0.2, -0.15) is 0 Å². The molecule has 5 aromatic rings. The number of nitrogens with zero attached hydrogens (tertiary/aromatic N) is 4. The van der Waals surface area contributed by atoms with Gasteiger partial charge in [0.2, 0.25) is 11.8 Å². The molecule has 5 aliphatic rings. The second kappa shape index (κ2) is 17.9. The molecule has 4 amide bonds. The van der Waals surface area contributed by atoms with Crippen LogP contribution in [0.1, 0.15) is 119 Å². The van der Waals surface area contributed by atoms with E-state index in [0.717, 1.165) is 58.8 Å². The lowest BCUT2D eigenvalue weighted by atomic mass is 9.81. The number of ether oxygens (including phenoxy) is 3. The number of rotatable bonds is 10. The second-order valence-corrected chi connectivity index (χ2v) is 19.3. The molecule has 4 fully saturated rings. The summed E-state index contributed by atoms with van der Waals surface area (Å²) < 4.78 is 15.2. The van der Waals surface area contributed by atoms with E-state index in [1.54, 1.807) is 6.92 Å². The van der Waals surface area contributed by atoms with Crippen LogP contribution in [0.3, 0.4) is 0 Å². The fourth-order valence-corrected chi connectivity index (χ4v) is 11.9. The summed E-state index contributed by atoms with van der Waals surface area (Å²) in [7, 11) is 2.61. The molecule has 3 saturated heterocycles. The minimum atomic E-state index is -0.718. The molecule has 15 nitrogen and oxygen atoms in total. The fourth-order valence-electron chi connectivity index (χ4n) is 11.9. The van der Waals surface area contributed by atoms with E-state index in [-0.39, 0.29) is 41.8 Å². The van der Waals surface area contributed by atoms with Gasteiger partial charge in [0.05, 0.1) is 49.2 Å². The van der Waals surface area contributed by atoms with Crippen molar-refractivity contribution in [2.24, 2.45) is 11.8 Å². The highest BCUT2D eigenvalue weighted by molar-refractivity contribution is 5.89. The van der Waals surface area contributed by atoms with Crippen molar-refractivity contribution in [2.45, 2.75) is 114 Å². The Balaban J connectivity index is 0.893. The highest BCUT2D eigenvalue weighted by Gasteiger charge is 2.44. The molecule has 1 saturated carbocycles. The summed E-state index contributed by atoms with van der Waals surface area (Å²) in [6.45, 7) is 7.58. The van der Waals surface area contributed by atoms with Crippen molar-refractivity contribution in [1.82, 2.24) is 40.4 Å². The maximum absolute atomic E-state index is 14.4. The van der Waals surface area contributed by atoms with Crippen LogP contribution in [0.15, 0.2) is 60.8 Å². The van der Waals surface area contributed by atoms with Crippen LogP contribution in [0, 0.1) is 11.8 Å². The van der Waals surface area contributed by atoms with Crippen LogP contribution in [0.5, 0.6) is 0 Å². The molecule has 2 aliphatic carbocycles. The highest BCUT2D eigenvalue weighted by Crippen LogP contribution is 2.58. The minimum Gasteiger partial charge on any atom is -0.453 e. The fraction of sp³-hybridized carbons (Fsp3) is 0.490. The summed E-state index contributed by atoms with van der Waals surface area (Å²) in [6, 6.07) is 17.9. The maximum Gasteiger partial charge on any atom is 0.407 e. The predicted molar refractivity (Wildman–Crippen MR) is 248 cm³/mol. The van der Waals surface area contributed by atoms with E-state index in [1.807, 2.05) is 16.0 Å². The molecular weight excluding hydrogens is 837 g/mol. The van der Waals surface area contributed by atoms with Crippen molar-refractivity contribution >= 4 is 35.0 Å². The first kappa shape index (κ1) is 43.7. The summed E-state index contributed by atoms with van der Waals surface area (Å²) in [5.74, 6) is 2.53. The van der Waals surface area contributed by atoms with Crippen LogP contribution in [0.25, 0.3) is 44.5 Å². The van der Waals surface area contributed by atoms with Gasteiger partial charge in [0, 0.05) is 25.8 Å². The molecule has 3 aliphatic heterocycles. The van der Waals surface area contributed by atoms with Gasteiger partial charge in [0.15, 0.2) is 0 Å². The average Bonchev–Trinajstić information content (AvgIpc) is 4.22. The van der Waals surface area contributed by atoms with Crippen molar-refractivity contribution in [3.63, 3.8) is 0 Å². The Bertz CT molecular complexity index is 2650. The van der Waals surface area contributed by atoms with E-state index in [4.69, 9.17) is 24.2 Å². The number of amides is 4. The normalized spacial score (nSPS) is 24.6. The number of hydrogen-bond acceptors (Lipinski definition) is 9. The molecule has 5 heterocycles. The smallest absolute Gasteiger partial charge is 0.407 e. The van der Waals surface area contributed by atoms with Crippen LogP contribution >= 0.6 is 0 Å². The number of aromatic nitrogens is 4. The van der Waals surface area contributed by atoms with Gasteiger partial charge >= 0.3 is 12.2 Å². The standard InChI is InChI=1S/C51H60N8O7/c1-27-22-42(58(26-27)48(60)29(3)53-50(62)64-4)46-52-25-40(56-46)31-9-7-30(8-10-31)36-14-15-37(44-35-12-11-34(23-35)43(36)44)33-13-16-38-39(24-33)55-47(54-38)41-17-6-28(2)59(41)49(61)45(57-51(63)65-5)32-18-20-66-21-19-32/h7-10,13-16,24-25,27-29,32,34-35,41-42,45H,6,11-12,17-23,26H2,1-5H3,(H,52,56)(H,53,62)(H,54,55)(H,57,63)/t27-,28-,29-,34?,35?,41-,42-,45-/m0/s1. The Kier molecular flexibility index (Phi) is 11.8. The van der Waals surface area contributed by atoms with Gasteiger partial charge in [0.25, 0.3) is 0 Å². The van der Waals surface area contributed by atoms with Crippen LogP contribution in [0.2, 0.25) is 0 Å². The molecule has 3 aromatic carbocycles. The molecule has 66 heavy (non-hydrogen) atoms. The Morgan fingerprint density at radius 3 is 2.12 bits per heavy atom. The molecule has 4 N–H and O–H groups in total. The quantitative estimate of drug-likeness (QED) is 0.107. The summed E-state index contributed by atoms with van der Waals surface area (Å²) in [6.07, 6.45) is 7.95. The number of nitrogens with one attached hydrogen (secondary N) is 4. The Labute approximate surface area is 384 Å². The lowest BCUT2D eigenvalue weighted by Crippen LogP contribution is -2.54. The molecule has 2 bridgehead atoms. The van der Waals surface area contributed by atoms with Crippen molar-refractivity contribution in [3.8, 4) is 33.5 Å². The first-order valence-corrected chi connectivity index (χ1v) is 23.7. The molecular formula is C51H60N8O7. The molecule has 2 unspecified atom stereocenters. The SMILES string of the molecule is COC(=O)N[C@@H](C)C(=O)N1C[C@@H](C)C[C@H]1c1ncc(-c2ccc(-c3ccc(-c4ccc5nc([C@@H]6CC[C@H](C)N6C(=O)[C@@H](NC(=O)OC)C6CCOCC6)[nH]c5c4)c4c3C3CCC4C3)cc2)[nH]1. The highest BCUT2D eigenvalue weighted by atomic mass is 16.5. The van der Waals surface area contributed by atoms with Gasteiger partial charge in [-0.1, -0.05) is 49.4 Å². The van der Waals surface area contributed by atoms with Crippen molar-refractivity contribution in [3.05, 3.63) is 83.6 Å². The zero-order chi connectivity index (χ0) is 45.8. The van der Waals surface area contributed by atoms with Gasteiger partial charge in [-0.3, -0.25) is 9.59 Å². The zero-order valence-electron chi connectivity index (χ0n) is 38.4. The van der Waals surface area contributed by atoms with Crippen LogP contribution in [-0.4, -0.2) is 106 Å². The van der Waals surface area contributed by atoms with E-state index in [1.165, 1.54) is 61.3 Å². The third-order valence-corrected chi connectivity index (χ3v) is 15.1. The number of H-pyrrole nitrogens is 2. The maximum atomic E-state index is 14.4. The summed E-state index contributed by atoms with van der Waals surface area (Å²) in [5.41, 5.74) is 11.5. The third kappa shape index (κ3) is 7.98. The van der Waals surface area contributed by atoms with Crippen molar-refractivity contribution < 1.29 is 33.4 Å². The lowest BCUT2D eigenvalue weighted by Gasteiger charge is -2.36. The summed E-state index contributed by atoms with van der Waals surface area (Å²) in [5, 5.41) is 5.48. The Hall–Kier alpha value is -6.22. The first-order valence-electron chi connectivity index (χ1n) is 23.7. The molecule has 15 heteroatoms. The largest absolute Gasteiger partial charge is 0.453 e. The number of likely N-dealkylation sites (tertiary alicyclic amines) is 2. The van der Waals surface area contributed by atoms with E-state index in [0.29, 0.717) is 44.4 Å². The molecule has 10 rings (SSSR count). The minimum absolute atomic E-state index is 0.0105. The number of carbonyl (C=O) groups is 4.